The van der Waals surface area contributed by atoms with Gasteiger partial charge in [0, 0.05) is 27.5 Å². The molecule has 0 atom stereocenters. The van der Waals surface area contributed by atoms with Gasteiger partial charge < -0.3 is 4.42 Å². The van der Waals surface area contributed by atoms with Gasteiger partial charge in [0.05, 0.1) is 0 Å². The van der Waals surface area contributed by atoms with Gasteiger partial charge >= 0.3 is 0 Å². The quantitative estimate of drug-likeness (QED) is 0.154. The van der Waals surface area contributed by atoms with Crippen LogP contribution in [0.1, 0.15) is 12.5 Å². The van der Waals surface area contributed by atoms with Crippen LogP contribution >= 0.6 is 0 Å². The molecule has 0 aliphatic carbocycles. The maximum Gasteiger partial charge on any atom is 0.164 e. The second-order valence-electron chi connectivity index (χ2n) is 13.9. The summed E-state index contributed by atoms with van der Waals surface area (Å²) in [5, 5.41) is 6.81. The van der Waals surface area contributed by atoms with Crippen LogP contribution in [0.25, 0.3) is 106 Å². The first kappa shape index (κ1) is 33.2. The van der Waals surface area contributed by atoms with Gasteiger partial charge in [0.25, 0.3) is 0 Å². The molecule has 2 heterocycles. The minimum absolute atomic E-state index is 0.626. The van der Waals surface area contributed by atoms with E-state index in [1.54, 1.807) is 0 Å². The first-order valence-electron chi connectivity index (χ1n) is 18.9. The van der Waals surface area contributed by atoms with Gasteiger partial charge in [-0.2, -0.15) is 0 Å². The Morgan fingerprint density at radius 3 is 1.84 bits per heavy atom. The standard InChI is InChI=1S/C52H35N3O/c1-2-3-5-14-34-25-27-37(28-26-34)51-53-50(36-16-6-4-7-17-36)54-52(55-51)45-32-31-43(41-20-10-11-21-42(41)45)44-23-13-24-47-49(44)46-30-29-38(33-48(46)56-47)40-22-12-18-35-15-8-9-19-39(35)40/h2-33H,1H3/b3-2-,14-5-. The molecular weight excluding hydrogens is 683 g/mol. The number of hydrogen-bond acceptors (Lipinski definition) is 4. The summed E-state index contributed by atoms with van der Waals surface area (Å²) in [5.41, 5.74) is 10.2. The molecule has 4 nitrogen and oxygen atoms in total. The highest BCUT2D eigenvalue weighted by Gasteiger charge is 2.19. The van der Waals surface area contributed by atoms with Crippen LogP contribution < -0.4 is 0 Å². The molecule has 0 unspecified atom stereocenters. The van der Waals surface area contributed by atoms with Crippen molar-refractivity contribution in [1.29, 1.82) is 0 Å². The summed E-state index contributed by atoms with van der Waals surface area (Å²) in [6.07, 6.45) is 8.16. The molecule has 0 bridgehead atoms. The molecule has 0 aliphatic heterocycles. The maximum atomic E-state index is 6.60. The molecule has 0 N–H and O–H groups in total. The number of hydrogen-bond donors (Lipinski definition) is 0. The average Bonchev–Trinajstić information content (AvgIpc) is 3.65. The first-order chi connectivity index (χ1) is 27.7. The van der Waals surface area contributed by atoms with Crippen LogP contribution in [-0.4, -0.2) is 15.0 Å². The van der Waals surface area contributed by atoms with E-state index < -0.39 is 0 Å². The minimum atomic E-state index is 0.626. The van der Waals surface area contributed by atoms with Crippen LogP contribution in [0.4, 0.5) is 0 Å². The van der Waals surface area contributed by atoms with E-state index in [1.807, 2.05) is 55.5 Å². The van der Waals surface area contributed by atoms with Gasteiger partial charge in [-0.3, -0.25) is 0 Å². The van der Waals surface area contributed by atoms with E-state index in [-0.39, 0.29) is 0 Å². The lowest BCUT2D eigenvalue weighted by atomic mass is 9.92. The Balaban J connectivity index is 1.11. The van der Waals surface area contributed by atoms with Gasteiger partial charge in [-0.25, -0.2) is 15.0 Å². The molecule has 8 aromatic carbocycles. The van der Waals surface area contributed by atoms with Crippen LogP contribution in [-0.2, 0) is 0 Å². The fraction of sp³-hybridized carbons (Fsp3) is 0.0192. The second kappa shape index (κ2) is 14.1. The van der Waals surface area contributed by atoms with E-state index >= 15 is 0 Å². The van der Waals surface area contributed by atoms with Crippen molar-refractivity contribution in [2.24, 2.45) is 0 Å². The molecule has 0 aliphatic rings. The van der Waals surface area contributed by atoms with E-state index in [0.29, 0.717) is 17.5 Å². The van der Waals surface area contributed by atoms with Gasteiger partial charge in [0.1, 0.15) is 11.2 Å². The highest BCUT2D eigenvalue weighted by atomic mass is 16.3. The summed E-state index contributed by atoms with van der Waals surface area (Å²) in [5.74, 6) is 1.89. The molecule has 10 aromatic rings. The molecule has 0 fully saturated rings. The molecule has 56 heavy (non-hydrogen) atoms. The fourth-order valence-corrected chi connectivity index (χ4v) is 7.79. The van der Waals surface area contributed by atoms with E-state index in [2.05, 4.69) is 146 Å². The number of rotatable bonds is 7. The number of fused-ring (bicyclic) bond motifs is 5. The highest BCUT2D eigenvalue weighted by molar-refractivity contribution is 6.17. The molecule has 2 aromatic heterocycles. The van der Waals surface area contributed by atoms with Crippen molar-refractivity contribution < 1.29 is 4.42 Å². The van der Waals surface area contributed by atoms with Crippen LogP contribution in [0.15, 0.2) is 193 Å². The topological polar surface area (TPSA) is 51.8 Å². The van der Waals surface area contributed by atoms with E-state index in [0.717, 1.165) is 71.7 Å². The molecule has 0 saturated heterocycles. The smallest absolute Gasteiger partial charge is 0.164 e. The van der Waals surface area contributed by atoms with Crippen LogP contribution in [0, 0.1) is 0 Å². The Kier molecular flexibility index (Phi) is 8.34. The highest BCUT2D eigenvalue weighted by Crippen LogP contribution is 2.42. The summed E-state index contributed by atoms with van der Waals surface area (Å²) < 4.78 is 6.60. The Morgan fingerprint density at radius 1 is 0.411 bits per heavy atom. The molecule has 0 saturated carbocycles. The van der Waals surface area contributed by atoms with Crippen LogP contribution in [0.3, 0.4) is 0 Å². The Bertz CT molecular complexity index is 3130. The molecule has 0 amide bonds. The Morgan fingerprint density at radius 2 is 1.04 bits per heavy atom. The third-order valence-electron chi connectivity index (χ3n) is 10.5. The molecule has 10 rings (SSSR count). The van der Waals surface area contributed by atoms with Crippen LogP contribution in [0.2, 0.25) is 0 Å². The SMILES string of the molecule is C/C=C\C=C/c1ccc(-c2nc(-c3ccccc3)nc(-c3ccc(-c4cccc5oc6cc(-c7cccc8ccccc78)ccc6c45)c4ccccc34)n2)cc1. The zero-order valence-corrected chi connectivity index (χ0v) is 30.7. The zero-order chi connectivity index (χ0) is 37.4. The molecular formula is C52H35N3O. The maximum absolute atomic E-state index is 6.60. The molecule has 264 valence electrons. The van der Waals surface area contributed by atoms with E-state index in [4.69, 9.17) is 19.4 Å². The first-order valence-corrected chi connectivity index (χ1v) is 18.9. The predicted octanol–water partition coefficient (Wildman–Crippen LogP) is 14.0. The minimum Gasteiger partial charge on any atom is -0.456 e. The van der Waals surface area contributed by atoms with E-state index in [1.165, 1.54) is 16.3 Å². The van der Waals surface area contributed by atoms with Crippen molar-refractivity contribution in [3.05, 3.63) is 194 Å². The largest absolute Gasteiger partial charge is 0.456 e. The molecule has 0 spiro atoms. The lowest BCUT2D eigenvalue weighted by molar-refractivity contribution is 0.669. The third kappa shape index (κ3) is 5.94. The van der Waals surface area contributed by atoms with Gasteiger partial charge in [-0.05, 0) is 80.6 Å². The lowest BCUT2D eigenvalue weighted by Crippen LogP contribution is -2.00. The number of aromatic nitrogens is 3. The van der Waals surface area contributed by atoms with Crippen molar-refractivity contribution >= 4 is 49.6 Å². The van der Waals surface area contributed by atoms with Gasteiger partial charge in [0.2, 0.25) is 0 Å². The normalized spacial score (nSPS) is 11.9. The molecule has 0 radical (unpaired) electrons. The number of benzene rings is 8. The number of allylic oxidation sites excluding steroid dienone is 3. The zero-order valence-electron chi connectivity index (χ0n) is 30.7. The number of furan rings is 1. The summed E-state index contributed by atoms with van der Waals surface area (Å²) in [6.45, 7) is 2.01. The van der Waals surface area contributed by atoms with Crippen molar-refractivity contribution in [2.75, 3.05) is 0 Å². The second-order valence-corrected chi connectivity index (χ2v) is 13.9. The van der Waals surface area contributed by atoms with Gasteiger partial charge in [-0.1, -0.05) is 170 Å². The molecule has 4 heteroatoms. The summed E-state index contributed by atoms with van der Waals surface area (Å²) in [7, 11) is 0. The van der Waals surface area contributed by atoms with E-state index in [9.17, 15) is 0 Å². The summed E-state index contributed by atoms with van der Waals surface area (Å²) in [6, 6.07) is 59.3. The summed E-state index contributed by atoms with van der Waals surface area (Å²) >= 11 is 0. The van der Waals surface area contributed by atoms with Crippen molar-refractivity contribution in [2.45, 2.75) is 6.92 Å². The van der Waals surface area contributed by atoms with Crippen LogP contribution in [0.5, 0.6) is 0 Å². The van der Waals surface area contributed by atoms with Gasteiger partial charge in [0.15, 0.2) is 17.5 Å². The monoisotopic (exact) mass is 717 g/mol. The predicted molar refractivity (Wildman–Crippen MR) is 233 cm³/mol. The van der Waals surface area contributed by atoms with Crippen molar-refractivity contribution in [1.82, 2.24) is 15.0 Å². The Labute approximate surface area is 324 Å². The Hall–Kier alpha value is -7.43. The fourth-order valence-electron chi connectivity index (χ4n) is 7.79. The number of nitrogens with zero attached hydrogens (tertiary/aromatic N) is 3. The average molecular weight is 718 g/mol. The summed E-state index contributed by atoms with van der Waals surface area (Å²) in [4.78, 5) is 15.2. The lowest BCUT2D eigenvalue weighted by Gasteiger charge is -2.14. The van der Waals surface area contributed by atoms with Crippen molar-refractivity contribution in [3.8, 4) is 56.4 Å². The van der Waals surface area contributed by atoms with Crippen molar-refractivity contribution in [3.63, 3.8) is 0 Å². The third-order valence-corrected chi connectivity index (χ3v) is 10.5. The van der Waals surface area contributed by atoms with Gasteiger partial charge in [-0.15, -0.1) is 0 Å².